The fraction of sp³-hybridized carbons (Fsp3) is 0.429. The molecule has 0 spiro atoms. The fourth-order valence-electron chi connectivity index (χ4n) is 0.914. The Morgan fingerprint density at radius 2 is 2.67 bits per heavy atom. The smallest absolute Gasteiger partial charge is 0.240 e. The van der Waals surface area contributed by atoms with Gasteiger partial charge in [0.1, 0.15) is 6.04 Å². The molecule has 1 amide bonds. The lowest BCUT2D eigenvalue weighted by molar-refractivity contribution is -0.120. The Bertz CT molecular complexity index is 247. The Morgan fingerprint density at radius 3 is 3.08 bits per heavy atom. The van der Waals surface area contributed by atoms with Crippen LogP contribution < -0.4 is 11.1 Å². The number of nitrogens with two attached hydrogens (primary N) is 1. The van der Waals surface area contributed by atoms with E-state index in [1.165, 1.54) is 11.3 Å². The molecular formula is C7H11N3OS. The van der Waals surface area contributed by atoms with Crippen molar-refractivity contribution in [1.82, 2.24) is 10.3 Å². The number of primary amides is 1. The average Bonchev–Trinajstić information content (AvgIpc) is 2.51. The van der Waals surface area contributed by atoms with Crippen molar-refractivity contribution >= 4 is 17.2 Å². The van der Waals surface area contributed by atoms with Crippen LogP contribution in [0.25, 0.3) is 0 Å². The van der Waals surface area contributed by atoms with Crippen LogP contribution in [0, 0.1) is 0 Å². The number of carbonyl (C=O) groups is 1. The zero-order valence-corrected chi connectivity index (χ0v) is 7.60. The van der Waals surface area contributed by atoms with Crippen molar-refractivity contribution in [3.05, 3.63) is 16.6 Å². The van der Waals surface area contributed by atoms with E-state index in [2.05, 4.69) is 10.3 Å². The van der Waals surface area contributed by atoms with Gasteiger partial charge in [-0.25, -0.2) is 0 Å². The molecule has 0 fully saturated rings. The molecule has 1 rings (SSSR count). The number of nitrogens with zero attached hydrogens (tertiary/aromatic N) is 1. The molecule has 3 N–H and O–H groups in total. The first-order valence-corrected chi connectivity index (χ1v) is 4.54. The molecule has 4 nitrogen and oxygen atoms in total. The van der Waals surface area contributed by atoms with Crippen LogP contribution in [-0.2, 0) is 4.79 Å². The minimum atomic E-state index is -0.387. The predicted molar refractivity (Wildman–Crippen MR) is 47.7 cm³/mol. The summed E-state index contributed by atoms with van der Waals surface area (Å²) in [4.78, 5) is 15.7. The molecule has 1 unspecified atom stereocenters. The van der Waals surface area contributed by atoms with Crippen LogP contribution in [0.15, 0.2) is 11.7 Å². The highest BCUT2D eigenvalue weighted by atomic mass is 32.1. The van der Waals surface area contributed by atoms with Crippen molar-refractivity contribution in [2.45, 2.75) is 13.0 Å². The summed E-state index contributed by atoms with van der Waals surface area (Å²) in [6, 6.07) is -0.387. The van der Waals surface area contributed by atoms with Gasteiger partial charge in [-0.2, -0.15) is 0 Å². The lowest BCUT2D eigenvalue weighted by atomic mass is 10.2. The van der Waals surface area contributed by atoms with Crippen LogP contribution in [0.2, 0.25) is 0 Å². The second-order valence-electron chi connectivity index (χ2n) is 2.30. The zero-order valence-electron chi connectivity index (χ0n) is 6.78. The number of carbonyl (C=O) groups excluding carboxylic acids is 1. The van der Waals surface area contributed by atoms with Crippen molar-refractivity contribution in [1.29, 1.82) is 0 Å². The van der Waals surface area contributed by atoms with Crippen LogP contribution in [0.4, 0.5) is 0 Å². The molecule has 1 aromatic rings. The van der Waals surface area contributed by atoms with Crippen LogP contribution in [0.1, 0.15) is 17.8 Å². The van der Waals surface area contributed by atoms with Gasteiger partial charge in [-0.3, -0.25) is 9.78 Å². The monoisotopic (exact) mass is 185 g/mol. The summed E-state index contributed by atoms with van der Waals surface area (Å²) in [5, 5.41) is 2.98. The average molecular weight is 185 g/mol. The summed E-state index contributed by atoms with van der Waals surface area (Å²) in [7, 11) is 0. The molecule has 12 heavy (non-hydrogen) atoms. The van der Waals surface area contributed by atoms with Crippen LogP contribution in [0.3, 0.4) is 0 Å². The largest absolute Gasteiger partial charge is 0.368 e. The lowest BCUT2D eigenvalue weighted by Crippen LogP contribution is -2.32. The van der Waals surface area contributed by atoms with Gasteiger partial charge < -0.3 is 11.1 Å². The topological polar surface area (TPSA) is 68.0 Å². The van der Waals surface area contributed by atoms with Gasteiger partial charge in [0.05, 0.1) is 10.4 Å². The number of nitrogens with one attached hydrogen (secondary N) is 1. The summed E-state index contributed by atoms with van der Waals surface area (Å²) >= 11 is 1.42. The molecule has 66 valence electrons. The fourth-order valence-corrected chi connectivity index (χ4v) is 1.61. The van der Waals surface area contributed by atoms with Crippen LogP contribution in [0.5, 0.6) is 0 Å². The van der Waals surface area contributed by atoms with Crippen LogP contribution >= 0.6 is 11.3 Å². The Balaban J connectivity index is 2.73. The predicted octanol–water partition coefficient (Wildman–Crippen LogP) is 0.279. The summed E-state index contributed by atoms with van der Waals surface area (Å²) < 4.78 is 0. The highest BCUT2D eigenvalue weighted by Crippen LogP contribution is 2.16. The number of aromatic nitrogens is 1. The zero-order chi connectivity index (χ0) is 8.97. The van der Waals surface area contributed by atoms with Gasteiger partial charge in [-0.15, -0.1) is 11.3 Å². The summed E-state index contributed by atoms with van der Waals surface area (Å²) in [6.45, 7) is 2.64. The van der Waals surface area contributed by atoms with Crippen molar-refractivity contribution in [3.63, 3.8) is 0 Å². The van der Waals surface area contributed by atoms with E-state index in [4.69, 9.17) is 5.73 Å². The van der Waals surface area contributed by atoms with Crippen molar-refractivity contribution < 1.29 is 4.79 Å². The molecule has 0 saturated carbocycles. The molecule has 5 heteroatoms. The maximum Gasteiger partial charge on any atom is 0.240 e. The summed E-state index contributed by atoms with van der Waals surface area (Å²) in [5.41, 5.74) is 6.87. The van der Waals surface area contributed by atoms with E-state index in [1.807, 2.05) is 6.92 Å². The Morgan fingerprint density at radius 1 is 1.92 bits per heavy atom. The first-order chi connectivity index (χ1) is 5.75. The molecule has 0 radical (unpaired) electrons. The molecule has 0 aliphatic heterocycles. The van der Waals surface area contributed by atoms with Gasteiger partial charge >= 0.3 is 0 Å². The highest BCUT2D eigenvalue weighted by molar-refractivity contribution is 7.09. The quantitative estimate of drug-likeness (QED) is 0.708. The second kappa shape index (κ2) is 4.18. The van der Waals surface area contributed by atoms with Gasteiger partial charge in [-0.1, -0.05) is 6.92 Å². The molecule has 0 aliphatic rings. The van der Waals surface area contributed by atoms with Crippen molar-refractivity contribution in [2.24, 2.45) is 5.73 Å². The van der Waals surface area contributed by atoms with E-state index in [9.17, 15) is 4.79 Å². The third kappa shape index (κ3) is 2.02. The van der Waals surface area contributed by atoms with E-state index in [1.54, 1.807) is 11.7 Å². The number of amides is 1. The Labute approximate surface area is 74.8 Å². The van der Waals surface area contributed by atoms with Crippen molar-refractivity contribution in [2.75, 3.05) is 6.54 Å². The van der Waals surface area contributed by atoms with Gasteiger partial charge in [0, 0.05) is 6.20 Å². The number of thiazole rings is 1. The third-order valence-corrected chi connectivity index (χ3v) is 2.27. The standard InChI is InChI=1S/C7H11N3OS/c1-2-10-6(7(8)11)5-3-9-4-12-5/h3-4,6,10H,2H2,1H3,(H2,8,11). The van der Waals surface area contributed by atoms with E-state index in [-0.39, 0.29) is 11.9 Å². The highest BCUT2D eigenvalue weighted by Gasteiger charge is 2.17. The van der Waals surface area contributed by atoms with Gasteiger partial charge in [0.15, 0.2) is 0 Å². The number of hydrogen-bond donors (Lipinski definition) is 2. The molecular weight excluding hydrogens is 174 g/mol. The normalized spacial score (nSPS) is 12.8. The van der Waals surface area contributed by atoms with E-state index < -0.39 is 0 Å². The third-order valence-electron chi connectivity index (χ3n) is 1.43. The first-order valence-electron chi connectivity index (χ1n) is 3.66. The van der Waals surface area contributed by atoms with Crippen molar-refractivity contribution in [3.8, 4) is 0 Å². The first kappa shape index (κ1) is 9.15. The minimum Gasteiger partial charge on any atom is -0.368 e. The van der Waals surface area contributed by atoms with Gasteiger partial charge in [0.25, 0.3) is 0 Å². The van der Waals surface area contributed by atoms with Gasteiger partial charge in [0.2, 0.25) is 5.91 Å². The summed E-state index contributed by atoms with van der Waals surface area (Å²) in [5.74, 6) is -0.360. The van der Waals surface area contributed by atoms with E-state index >= 15 is 0 Å². The number of hydrogen-bond acceptors (Lipinski definition) is 4. The minimum absolute atomic E-state index is 0.360. The second-order valence-corrected chi connectivity index (χ2v) is 3.21. The SMILES string of the molecule is CCNC(C(N)=O)c1cncs1. The number of likely N-dealkylation sites (N-methyl/N-ethyl adjacent to an activating group) is 1. The Hall–Kier alpha value is -0.940. The van der Waals surface area contributed by atoms with E-state index in [0.29, 0.717) is 6.54 Å². The number of rotatable bonds is 4. The molecule has 0 aliphatic carbocycles. The maximum atomic E-state index is 10.9. The Kier molecular flexibility index (Phi) is 3.19. The molecule has 1 heterocycles. The molecule has 0 aromatic carbocycles. The van der Waals surface area contributed by atoms with Crippen LogP contribution in [-0.4, -0.2) is 17.4 Å². The molecule has 0 saturated heterocycles. The van der Waals surface area contributed by atoms with E-state index in [0.717, 1.165) is 4.88 Å². The molecule has 1 aromatic heterocycles. The lowest BCUT2D eigenvalue weighted by Gasteiger charge is -2.10. The molecule has 1 atom stereocenters. The summed E-state index contributed by atoms with van der Waals surface area (Å²) in [6.07, 6.45) is 1.66. The van der Waals surface area contributed by atoms with Gasteiger partial charge in [-0.05, 0) is 6.54 Å². The molecule has 0 bridgehead atoms. The maximum absolute atomic E-state index is 10.9.